The summed E-state index contributed by atoms with van der Waals surface area (Å²) in [6, 6.07) is 17.8. The number of aromatic nitrogens is 2. The molecular formula is C28H21N3O5S. The predicted octanol–water partition coefficient (Wildman–Crippen LogP) is 3.06. The number of esters is 1. The first-order chi connectivity index (χ1) is 18.1. The summed E-state index contributed by atoms with van der Waals surface area (Å²) in [4.78, 5) is 36.7. The Balaban J connectivity index is 1.66. The van der Waals surface area contributed by atoms with Gasteiger partial charge in [-0.1, -0.05) is 47.7 Å². The Morgan fingerprint density at radius 2 is 1.89 bits per heavy atom. The third kappa shape index (κ3) is 4.13. The van der Waals surface area contributed by atoms with Gasteiger partial charge in [-0.2, -0.15) is 0 Å². The van der Waals surface area contributed by atoms with Gasteiger partial charge in [-0.3, -0.25) is 14.3 Å². The summed E-state index contributed by atoms with van der Waals surface area (Å²) in [6.07, 6.45) is 5.15. The number of benzene rings is 2. The second-order valence-corrected chi connectivity index (χ2v) is 9.33. The molecule has 2 aliphatic rings. The van der Waals surface area contributed by atoms with Crippen LogP contribution in [0.3, 0.4) is 0 Å². The van der Waals surface area contributed by atoms with E-state index in [9.17, 15) is 9.59 Å². The molecule has 0 fully saturated rings. The molecule has 1 atom stereocenters. The summed E-state index contributed by atoms with van der Waals surface area (Å²) in [5, 5.41) is 0. The zero-order valence-corrected chi connectivity index (χ0v) is 20.6. The monoisotopic (exact) mass is 511 g/mol. The first kappa shape index (κ1) is 22.9. The van der Waals surface area contributed by atoms with Crippen molar-refractivity contribution >= 4 is 29.1 Å². The minimum atomic E-state index is -0.778. The predicted molar refractivity (Wildman–Crippen MR) is 138 cm³/mol. The van der Waals surface area contributed by atoms with Crippen molar-refractivity contribution in [3.8, 4) is 11.5 Å². The van der Waals surface area contributed by atoms with Gasteiger partial charge in [-0.05, 0) is 48.4 Å². The molecule has 0 N–H and O–H groups in total. The molecule has 0 unspecified atom stereocenters. The molecule has 0 radical (unpaired) electrons. The molecular weight excluding hydrogens is 490 g/mol. The van der Waals surface area contributed by atoms with Gasteiger partial charge in [0, 0.05) is 18.0 Å². The highest BCUT2D eigenvalue weighted by atomic mass is 32.1. The standard InChI is InChI=1S/C28H21N3O5S/c1-2-34-27(33)23-24(18-6-4-3-5-7-18)30-28-31(25(23)19-8-9-20-21(15-19)36-16-35-20)26(32)22(37-28)14-17-10-12-29-13-11-17/h3-15,25H,2,16H2,1H3/t25-/m1/s1. The topological polar surface area (TPSA) is 92.0 Å². The van der Waals surface area contributed by atoms with Crippen molar-refractivity contribution in [1.29, 1.82) is 0 Å². The van der Waals surface area contributed by atoms with Crippen molar-refractivity contribution in [2.24, 2.45) is 4.99 Å². The van der Waals surface area contributed by atoms with Crippen LogP contribution in [0.4, 0.5) is 0 Å². The maximum absolute atomic E-state index is 13.8. The second kappa shape index (κ2) is 9.51. The van der Waals surface area contributed by atoms with E-state index >= 15 is 0 Å². The Morgan fingerprint density at radius 3 is 2.68 bits per heavy atom. The fourth-order valence-electron chi connectivity index (χ4n) is 4.45. The van der Waals surface area contributed by atoms with Crippen LogP contribution in [-0.4, -0.2) is 28.9 Å². The maximum Gasteiger partial charge on any atom is 0.338 e. The molecule has 0 saturated heterocycles. The lowest BCUT2D eigenvalue weighted by molar-refractivity contribution is -0.138. The molecule has 4 aromatic rings. The Kier molecular flexibility index (Phi) is 5.90. The van der Waals surface area contributed by atoms with E-state index in [1.165, 1.54) is 11.3 Å². The van der Waals surface area contributed by atoms with E-state index in [0.29, 0.717) is 32.1 Å². The SMILES string of the molecule is CCOC(=O)C1=C(c2ccccc2)N=c2sc(=Cc3ccncc3)c(=O)n2[C@@H]1c1ccc2c(c1)OCO2. The van der Waals surface area contributed by atoms with Gasteiger partial charge >= 0.3 is 5.97 Å². The number of hydrogen-bond donors (Lipinski definition) is 0. The number of rotatable bonds is 5. The van der Waals surface area contributed by atoms with Crippen LogP contribution in [0.15, 0.2) is 88.4 Å². The smallest absolute Gasteiger partial charge is 0.338 e. The van der Waals surface area contributed by atoms with Gasteiger partial charge in [0.15, 0.2) is 16.3 Å². The maximum atomic E-state index is 13.8. The van der Waals surface area contributed by atoms with E-state index in [4.69, 9.17) is 19.2 Å². The summed E-state index contributed by atoms with van der Waals surface area (Å²) >= 11 is 1.27. The zero-order chi connectivity index (χ0) is 25.4. The molecule has 0 saturated carbocycles. The van der Waals surface area contributed by atoms with Gasteiger partial charge in [-0.25, -0.2) is 9.79 Å². The number of ether oxygens (including phenoxy) is 3. The van der Waals surface area contributed by atoms with Crippen LogP contribution in [0.2, 0.25) is 0 Å². The van der Waals surface area contributed by atoms with E-state index in [1.54, 1.807) is 42.1 Å². The minimum absolute atomic E-state index is 0.114. The molecule has 2 aliphatic heterocycles. The van der Waals surface area contributed by atoms with E-state index in [2.05, 4.69) is 4.98 Å². The summed E-state index contributed by atoms with van der Waals surface area (Å²) in [7, 11) is 0. The Morgan fingerprint density at radius 1 is 1.11 bits per heavy atom. The van der Waals surface area contributed by atoms with Crippen molar-refractivity contribution in [3.05, 3.63) is 115 Å². The summed E-state index contributed by atoms with van der Waals surface area (Å²) in [6.45, 7) is 2.05. The molecule has 8 nitrogen and oxygen atoms in total. The Hall–Kier alpha value is -4.50. The van der Waals surface area contributed by atoms with Gasteiger partial charge in [0.25, 0.3) is 5.56 Å². The quantitative estimate of drug-likeness (QED) is 0.383. The van der Waals surface area contributed by atoms with Crippen molar-refractivity contribution in [1.82, 2.24) is 9.55 Å². The van der Waals surface area contributed by atoms with Gasteiger partial charge in [0.1, 0.15) is 0 Å². The van der Waals surface area contributed by atoms with Crippen LogP contribution in [0.5, 0.6) is 11.5 Å². The molecule has 2 aromatic heterocycles. The third-order valence-electron chi connectivity index (χ3n) is 6.09. The summed E-state index contributed by atoms with van der Waals surface area (Å²) < 4.78 is 18.7. The molecule has 0 aliphatic carbocycles. The molecule has 37 heavy (non-hydrogen) atoms. The fourth-order valence-corrected chi connectivity index (χ4v) is 5.45. The molecule has 6 rings (SSSR count). The lowest BCUT2D eigenvalue weighted by Crippen LogP contribution is -2.40. The average Bonchev–Trinajstić information content (AvgIpc) is 3.52. The normalized spacial score (nSPS) is 16.4. The van der Waals surface area contributed by atoms with Gasteiger partial charge in [0.05, 0.1) is 28.5 Å². The Labute approximate surface area is 215 Å². The van der Waals surface area contributed by atoms with E-state index in [0.717, 1.165) is 11.1 Å². The lowest BCUT2D eigenvalue weighted by Gasteiger charge is -2.26. The van der Waals surface area contributed by atoms with E-state index < -0.39 is 12.0 Å². The lowest BCUT2D eigenvalue weighted by atomic mass is 9.93. The van der Waals surface area contributed by atoms with Crippen LogP contribution < -0.4 is 24.4 Å². The number of carbonyl (C=O) groups excluding carboxylic acids is 1. The number of nitrogens with zero attached hydrogens (tertiary/aromatic N) is 3. The molecule has 2 aromatic carbocycles. The number of pyridine rings is 1. The van der Waals surface area contributed by atoms with Crippen molar-refractivity contribution in [3.63, 3.8) is 0 Å². The highest BCUT2D eigenvalue weighted by Crippen LogP contribution is 2.39. The Bertz CT molecular complexity index is 1710. The minimum Gasteiger partial charge on any atom is -0.463 e. The summed E-state index contributed by atoms with van der Waals surface area (Å²) in [5.41, 5.74) is 2.79. The van der Waals surface area contributed by atoms with Gasteiger partial charge in [0.2, 0.25) is 6.79 Å². The first-order valence-electron chi connectivity index (χ1n) is 11.7. The number of hydrogen-bond acceptors (Lipinski definition) is 8. The van der Waals surface area contributed by atoms with Crippen molar-refractivity contribution < 1.29 is 19.0 Å². The third-order valence-corrected chi connectivity index (χ3v) is 7.07. The highest BCUT2D eigenvalue weighted by molar-refractivity contribution is 7.07. The first-order valence-corrected chi connectivity index (χ1v) is 12.5. The largest absolute Gasteiger partial charge is 0.463 e. The molecule has 0 spiro atoms. The highest BCUT2D eigenvalue weighted by Gasteiger charge is 2.36. The van der Waals surface area contributed by atoms with Gasteiger partial charge in [-0.15, -0.1) is 0 Å². The van der Waals surface area contributed by atoms with E-state index in [1.807, 2.05) is 48.5 Å². The van der Waals surface area contributed by atoms with E-state index in [-0.39, 0.29) is 24.5 Å². The van der Waals surface area contributed by atoms with Crippen molar-refractivity contribution in [2.45, 2.75) is 13.0 Å². The molecule has 9 heteroatoms. The number of fused-ring (bicyclic) bond motifs is 2. The van der Waals surface area contributed by atoms with Crippen molar-refractivity contribution in [2.75, 3.05) is 13.4 Å². The second-order valence-electron chi connectivity index (χ2n) is 8.32. The molecule has 4 heterocycles. The van der Waals surface area contributed by atoms with Gasteiger partial charge < -0.3 is 14.2 Å². The average molecular weight is 512 g/mol. The van der Waals surface area contributed by atoms with Crippen LogP contribution in [0, 0.1) is 0 Å². The molecule has 0 bridgehead atoms. The van der Waals surface area contributed by atoms with Crippen LogP contribution >= 0.6 is 11.3 Å². The fraction of sp³-hybridized carbons (Fsp3) is 0.143. The van der Waals surface area contributed by atoms with Crippen LogP contribution in [-0.2, 0) is 9.53 Å². The van der Waals surface area contributed by atoms with Crippen LogP contribution in [0.25, 0.3) is 11.8 Å². The van der Waals surface area contributed by atoms with Crippen LogP contribution in [0.1, 0.15) is 29.7 Å². The summed E-state index contributed by atoms with van der Waals surface area (Å²) in [5.74, 6) is 0.632. The molecule has 0 amide bonds. The molecule has 184 valence electrons. The number of carbonyl (C=O) groups is 1. The zero-order valence-electron chi connectivity index (χ0n) is 19.8. The number of thiazole rings is 1.